The summed E-state index contributed by atoms with van der Waals surface area (Å²) in [6, 6.07) is 0.801. The number of unbranched alkanes of at least 4 members (excludes halogenated alkanes) is 1. The molecule has 3 nitrogen and oxygen atoms in total. The van der Waals surface area contributed by atoms with E-state index in [1.165, 1.54) is 51.6 Å². The maximum atomic E-state index is 9.12. The number of aliphatic hydroxyl groups is 1. The molecule has 0 bridgehead atoms. The zero-order valence-corrected chi connectivity index (χ0v) is 12.3. The molecule has 2 atom stereocenters. The van der Waals surface area contributed by atoms with Crippen LogP contribution in [0.3, 0.4) is 0 Å². The second kappa shape index (κ2) is 8.13. The van der Waals surface area contributed by atoms with E-state index >= 15 is 0 Å². The van der Waals surface area contributed by atoms with Gasteiger partial charge in [0, 0.05) is 11.6 Å². The van der Waals surface area contributed by atoms with Crippen LogP contribution in [0.4, 0.5) is 0 Å². The first-order valence-corrected chi connectivity index (χ1v) is 7.73. The van der Waals surface area contributed by atoms with Gasteiger partial charge in [-0.15, -0.1) is 0 Å². The molecule has 1 rings (SSSR count). The summed E-state index contributed by atoms with van der Waals surface area (Å²) in [5.41, 5.74) is 5.56. The lowest BCUT2D eigenvalue weighted by Gasteiger charge is -2.29. The van der Waals surface area contributed by atoms with Crippen LogP contribution in [0, 0.1) is 0 Å². The molecular weight excluding hydrogens is 224 g/mol. The predicted molar refractivity (Wildman–Crippen MR) is 77.6 cm³/mol. The van der Waals surface area contributed by atoms with E-state index in [0.717, 1.165) is 18.9 Å². The predicted octanol–water partition coefficient (Wildman–Crippen LogP) is 2.52. The molecule has 1 heterocycles. The minimum atomic E-state index is -0.386. The van der Waals surface area contributed by atoms with Crippen molar-refractivity contribution < 1.29 is 5.11 Å². The number of likely N-dealkylation sites (tertiary alicyclic amines) is 1. The SMILES string of the molecule is CCC1CCCCCN1CCCCC(C)(N)CO. The third-order valence-corrected chi connectivity index (χ3v) is 4.27. The lowest BCUT2D eigenvalue weighted by atomic mass is 9.97. The van der Waals surface area contributed by atoms with Gasteiger partial charge in [0.15, 0.2) is 0 Å². The van der Waals surface area contributed by atoms with E-state index in [1.807, 2.05) is 6.92 Å². The summed E-state index contributed by atoms with van der Waals surface area (Å²) in [6.45, 7) is 6.83. The molecule has 1 saturated heterocycles. The van der Waals surface area contributed by atoms with E-state index < -0.39 is 0 Å². The van der Waals surface area contributed by atoms with Crippen LogP contribution >= 0.6 is 0 Å². The van der Waals surface area contributed by atoms with E-state index in [2.05, 4.69) is 11.8 Å². The number of rotatable bonds is 7. The Kier molecular flexibility index (Phi) is 7.20. The van der Waals surface area contributed by atoms with Gasteiger partial charge in [-0.2, -0.15) is 0 Å². The molecule has 18 heavy (non-hydrogen) atoms. The van der Waals surface area contributed by atoms with Crippen LogP contribution in [0.25, 0.3) is 0 Å². The van der Waals surface area contributed by atoms with Gasteiger partial charge in [0.05, 0.1) is 6.61 Å². The Labute approximate surface area is 113 Å². The number of nitrogens with zero attached hydrogens (tertiary/aromatic N) is 1. The minimum absolute atomic E-state index is 0.0916. The van der Waals surface area contributed by atoms with Crippen molar-refractivity contribution in [2.75, 3.05) is 19.7 Å². The van der Waals surface area contributed by atoms with Gasteiger partial charge in [0.2, 0.25) is 0 Å². The van der Waals surface area contributed by atoms with Gasteiger partial charge < -0.3 is 15.7 Å². The second-order valence-corrected chi connectivity index (χ2v) is 6.22. The molecule has 1 aliphatic rings. The van der Waals surface area contributed by atoms with Crippen LogP contribution in [0.1, 0.15) is 65.2 Å². The summed E-state index contributed by atoms with van der Waals surface area (Å²) in [6.07, 6.45) is 10.1. The maximum absolute atomic E-state index is 9.12. The summed E-state index contributed by atoms with van der Waals surface area (Å²) < 4.78 is 0. The molecule has 0 aliphatic carbocycles. The highest BCUT2D eigenvalue weighted by Gasteiger charge is 2.20. The number of aliphatic hydroxyl groups excluding tert-OH is 1. The molecule has 0 radical (unpaired) electrons. The molecule has 0 saturated carbocycles. The van der Waals surface area contributed by atoms with Crippen LogP contribution in [-0.2, 0) is 0 Å². The fraction of sp³-hybridized carbons (Fsp3) is 1.00. The Morgan fingerprint density at radius 3 is 2.72 bits per heavy atom. The molecule has 1 fully saturated rings. The Balaban J connectivity index is 2.23. The summed E-state index contributed by atoms with van der Waals surface area (Å²) >= 11 is 0. The zero-order valence-electron chi connectivity index (χ0n) is 12.3. The number of hydrogen-bond acceptors (Lipinski definition) is 3. The van der Waals surface area contributed by atoms with Gasteiger partial charge in [0.1, 0.15) is 0 Å². The van der Waals surface area contributed by atoms with Crippen molar-refractivity contribution in [1.29, 1.82) is 0 Å². The molecule has 3 N–H and O–H groups in total. The Morgan fingerprint density at radius 1 is 1.28 bits per heavy atom. The fourth-order valence-electron chi connectivity index (χ4n) is 2.92. The first kappa shape index (κ1) is 15.9. The Hall–Kier alpha value is -0.120. The van der Waals surface area contributed by atoms with Crippen LogP contribution < -0.4 is 5.73 Å². The maximum Gasteiger partial charge on any atom is 0.0608 e. The van der Waals surface area contributed by atoms with E-state index in [0.29, 0.717) is 0 Å². The highest BCUT2D eigenvalue weighted by molar-refractivity contribution is 4.78. The third kappa shape index (κ3) is 5.68. The molecule has 3 heteroatoms. The molecule has 0 spiro atoms. The summed E-state index contributed by atoms with van der Waals surface area (Å²) in [5, 5.41) is 9.12. The molecule has 0 aromatic heterocycles. The molecule has 2 unspecified atom stereocenters. The quantitative estimate of drug-likeness (QED) is 0.688. The van der Waals surface area contributed by atoms with Crippen molar-refractivity contribution in [2.45, 2.75) is 76.8 Å². The Bertz CT molecular complexity index is 219. The lowest BCUT2D eigenvalue weighted by molar-refractivity contribution is 0.177. The first-order chi connectivity index (χ1) is 8.59. The smallest absolute Gasteiger partial charge is 0.0608 e. The van der Waals surface area contributed by atoms with Crippen molar-refractivity contribution in [3.8, 4) is 0 Å². The molecule has 1 aliphatic heterocycles. The van der Waals surface area contributed by atoms with E-state index in [1.54, 1.807) is 0 Å². The van der Waals surface area contributed by atoms with Crippen molar-refractivity contribution in [3.63, 3.8) is 0 Å². The van der Waals surface area contributed by atoms with Gasteiger partial charge in [-0.1, -0.05) is 26.2 Å². The topological polar surface area (TPSA) is 49.5 Å². The minimum Gasteiger partial charge on any atom is -0.394 e. The molecular formula is C15H32N2O. The van der Waals surface area contributed by atoms with Gasteiger partial charge in [-0.25, -0.2) is 0 Å². The van der Waals surface area contributed by atoms with E-state index in [-0.39, 0.29) is 12.1 Å². The van der Waals surface area contributed by atoms with Gasteiger partial charge >= 0.3 is 0 Å². The summed E-state index contributed by atoms with van der Waals surface area (Å²) in [4.78, 5) is 2.68. The molecule has 108 valence electrons. The number of nitrogens with two attached hydrogens (primary N) is 1. The number of hydrogen-bond donors (Lipinski definition) is 2. The van der Waals surface area contributed by atoms with Gasteiger partial charge in [-0.05, 0) is 52.1 Å². The second-order valence-electron chi connectivity index (χ2n) is 6.22. The summed E-state index contributed by atoms with van der Waals surface area (Å²) in [5.74, 6) is 0. The van der Waals surface area contributed by atoms with E-state index in [9.17, 15) is 0 Å². The monoisotopic (exact) mass is 256 g/mol. The van der Waals surface area contributed by atoms with Crippen LogP contribution in [-0.4, -0.2) is 41.3 Å². The normalized spacial score (nSPS) is 25.7. The summed E-state index contributed by atoms with van der Waals surface area (Å²) in [7, 11) is 0. The van der Waals surface area contributed by atoms with Crippen LogP contribution in [0.5, 0.6) is 0 Å². The van der Waals surface area contributed by atoms with E-state index in [4.69, 9.17) is 10.8 Å². The van der Waals surface area contributed by atoms with Gasteiger partial charge in [0.25, 0.3) is 0 Å². The highest BCUT2D eigenvalue weighted by Crippen LogP contribution is 2.20. The standard InChI is InChI=1S/C15H32N2O/c1-3-14-9-5-4-7-11-17(14)12-8-6-10-15(2,16)13-18/h14,18H,3-13,16H2,1-2H3. The largest absolute Gasteiger partial charge is 0.394 e. The van der Waals surface area contributed by atoms with Crippen LogP contribution in [0.15, 0.2) is 0 Å². The van der Waals surface area contributed by atoms with Crippen LogP contribution in [0.2, 0.25) is 0 Å². The Morgan fingerprint density at radius 2 is 2.06 bits per heavy atom. The molecule has 0 amide bonds. The average Bonchev–Trinajstić information content (AvgIpc) is 2.59. The average molecular weight is 256 g/mol. The van der Waals surface area contributed by atoms with Crippen molar-refractivity contribution >= 4 is 0 Å². The fourth-order valence-corrected chi connectivity index (χ4v) is 2.92. The third-order valence-electron chi connectivity index (χ3n) is 4.27. The van der Waals surface area contributed by atoms with Crippen molar-refractivity contribution in [3.05, 3.63) is 0 Å². The molecule has 0 aromatic carbocycles. The van der Waals surface area contributed by atoms with Crippen molar-refractivity contribution in [2.24, 2.45) is 5.73 Å². The lowest BCUT2D eigenvalue weighted by Crippen LogP contribution is -2.40. The molecule has 0 aromatic rings. The van der Waals surface area contributed by atoms with Gasteiger partial charge in [-0.3, -0.25) is 0 Å². The zero-order chi connectivity index (χ0) is 13.4. The first-order valence-electron chi connectivity index (χ1n) is 7.73. The van der Waals surface area contributed by atoms with Crippen molar-refractivity contribution in [1.82, 2.24) is 4.90 Å². The highest BCUT2D eigenvalue weighted by atomic mass is 16.3.